The molecule has 0 heterocycles. The summed E-state index contributed by atoms with van der Waals surface area (Å²) in [6.07, 6.45) is 1.42. The van der Waals surface area contributed by atoms with Gasteiger partial charge in [-0.25, -0.2) is 9.36 Å². The second-order valence-corrected chi connectivity index (χ2v) is 4.20. The predicted octanol–water partition coefficient (Wildman–Crippen LogP) is 1.91. The van der Waals surface area contributed by atoms with Crippen molar-refractivity contribution in [3.63, 3.8) is 0 Å². The maximum atomic E-state index is 11.7. The number of phosphoric acid groups is 1. The number of phosphoric ester groups is 1. The van der Waals surface area contributed by atoms with Gasteiger partial charge in [0.1, 0.15) is 6.61 Å². The van der Waals surface area contributed by atoms with E-state index in [9.17, 15) is 9.36 Å². The van der Waals surface area contributed by atoms with Gasteiger partial charge in [-0.05, 0) is 13.8 Å². The zero-order chi connectivity index (χ0) is 12.4. The fraction of sp³-hybridized carbons (Fsp3) is 0.667. The van der Waals surface area contributed by atoms with Gasteiger partial charge in [-0.15, -0.1) is 0 Å². The van der Waals surface area contributed by atoms with Crippen molar-refractivity contribution >= 4 is 13.8 Å². The summed E-state index contributed by atoms with van der Waals surface area (Å²) in [6, 6.07) is 0. The summed E-state index contributed by atoms with van der Waals surface area (Å²) in [5.41, 5.74) is 0. The minimum Gasteiger partial charge on any atom is -0.460 e. The first-order valence-electron chi connectivity index (χ1n) is 4.88. The Balaban J connectivity index is 4.05. The van der Waals surface area contributed by atoms with Gasteiger partial charge in [-0.1, -0.05) is 12.7 Å². The first kappa shape index (κ1) is 15.3. The van der Waals surface area contributed by atoms with Gasteiger partial charge < -0.3 is 4.74 Å². The molecule has 0 saturated carbocycles. The number of carbonyl (C=O) groups excluding carboxylic acids is 1. The second kappa shape index (κ2) is 8.47. The molecule has 0 aromatic rings. The molecule has 0 amide bonds. The average molecular weight is 252 g/mol. The van der Waals surface area contributed by atoms with E-state index in [-0.39, 0.29) is 19.8 Å². The lowest BCUT2D eigenvalue weighted by Gasteiger charge is -2.15. The van der Waals surface area contributed by atoms with Crippen molar-refractivity contribution in [3.8, 4) is 0 Å². The Hall–Kier alpha value is -0.680. The Morgan fingerprint density at radius 1 is 1.25 bits per heavy atom. The third kappa shape index (κ3) is 6.74. The molecule has 7 heteroatoms. The number of esters is 1. The highest BCUT2D eigenvalue weighted by molar-refractivity contribution is 7.48. The molecule has 0 radical (unpaired) electrons. The fourth-order valence-electron chi connectivity index (χ4n) is 0.753. The van der Waals surface area contributed by atoms with E-state index in [4.69, 9.17) is 13.6 Å². The van der Waals surface area contributed by atoms with Gasteiger partial charge in [-0.2, -0.15) is 0 Å². The van der Waals surface area contributed by atoms with Crippen LogP contribution in [-0.2, 0) is 27.7 Å². The molecule has 0 atom stereocenters. The van der Waals surface area contributed by atoms with Crippen molar-refractivity contribution < 1.29 is 27.7 Å². The molecule has 6 nitrogen and oxygen atoms in total. The highest BCUT2D eigenvalue weighted by Crippen LogP contribution is 2.48. The fourth-order valence-corrected chi connectivity index (χ4v) is 1.87. The largest absolute Gasteiger partial charge is 0.475 e. The monoisotopic (exact) mass is 252 g/mol. The Labute approximate surface area is 95.1 Å². The predicted molar refractivity (Wildman–Crippen MR) is 58.0 cm³/mol. The molecular formula is C9H17O6P. The standard InChI is InChI=1S/C9H17O6P/c1-4-7-12-9(10)8-15-16(11,13-5-2)14-6-3/h4H,1,5-8H2,2-3H3. The maximum absolute atomic E-state index is 11.7. The summed E-state index contributed by atoms with van der Waals surface area (Å²) in [7, 11) is -3.63. The Morgan fingerprint density at radius 3 is 2.25 bits per heavy atom. The number of hydrogen-bond donors (Lipinski definition) is 0. The van der Waals surface area contributed by atoms with E-state index in [1.165, 1.54) is 6.08 Å². The third-order valence-electron chi connectivity index (χ3n) is 1.28. The molecule has 0 aliphatic rings. The minimum absolute atomic E-state index is 0.0791. The summed E-state index contributed by atoms with van der Waals surface area (Å²) in [5.74, 6) is -0.653. The van der Waals surface area contributed by atoms with Crippen molar-refractivity contribution in [2.24, 2.45) is 0 Å². The van der Waals surface area contributed by atoms with Crippen LogP contribution in [0.4, 0.5) is 0 Å². The molecule has 0 saturated heterocycles. The molecule has 0 bridgehead atoms. The summed E-state index contributed by atoms with van der Waals surface area (Å²) in [5, 5.41) is 0. The summed E-state index contributed by atoms with van der Waals surface area (Å²) in [6.45, 7) is 6.60. The van der Waals surface area contributed by atoms with Crippen LogP contribution >= 0.6 is 7.82 Å². The van der Waals surface area contributed by atoms with Gasteiger partial charge in [0.2, 0.25) is 0 Å². The Kier molecular flexibility index (Phi) is 8.11. The van der Waals surface area contributed by atoms with Crippen molar-refractivity contribution in [1.82, 2.24) is 0 Å². The molecule has 16 heavy (non-hydrogen) atoms. The Morgan fingerprint density at radius 2 is 1.81 bits per heavy atom. The van der Waals surface area contributed by atoms with Crippen molar-refractivity contribution in [2.45, 2.75) is 13.8 Å². The normalized spacial score (nSPS) is 11.1. The van der Waals surface area contributed by atoms with Crippen LogP contribution in [0, 0.1) is 0 Å². The van der Waals surface area contributed by atoms with Crippen LogP contribution in [0.5, 0.6) is 0 Å². The Bertz CT molecular complexity index is 255. The molecule has 0 aromatic carbocycles. The van der Waals surface area contributed by atoms with Crippen molar-refractivity contribution in [1.29, 1.82) is 0 Å². The number of ether oxygens (including phenoxy) is 1. The quantitative estimate of drug-likeness (QED) is 0.354. The molecule has 0 unspecified atom stereocenters. The topological polar surface area (TPSA) is 71.1 Å². The lowest BCUT2D eigenvalue weighted by Crippen LogP contribution is -2.13. The summed E-state index contributed by atoms with van der Waals surface area (Å²) < 4.78 is 30.7. The van der Waals surface area contributed by atoms with Gasteiger partial charge in [0.25, 0.3) is 0 Å². The smallest absolute Gasteiger partial charge is 0.460 e. The van der Waals surface area contributed by atoms with Gasteiger partial charge >= 0.3 is 13.8 Å². The molecular weight excluding hydrogens is 235 g/mol. The zero-order valence-corrected chi connectivity index (χ0v) is 10.4. The van der Waals surface area contributed by atoms with Gasteiger partial charge in [0.05, 0.1) is 13.2 Å². The van der Waals surface area contributed by atoms with E-state index >= 15 is 0 Å². The van der Waals surface area contributed by atoms with Gasteiger partial charge in [0.15, 0.2) is 6.61 Å². The molecule has 0 spiro atoms. The maximum Gasteiger partial charge on any atom is 0.475 e. The molecule has 0 aromatic heterocycles. The number of hydrogen-bond acceptors (Lipinski definition) is 6. The number of rotatable bonds is 9. The average Bonchev–Trinajstić information content (AvgIpc) is 2.24. The molecule has 0 rings (SSSR count). The SMILES string of the molecule is C=CCOC(=O)COP(=O)(OCC)OCC. The van der Waals surface area contributed by atoms with Crippen LogP contribution in [0.25, 0.3) is 0 Å². The van der Waals surface area contributed by atoms with Crippen LogP contribution in [0.3, 0.4) is 0 Å². The summed E-state index contributed by atoms with van der Waals surface area (Å²) >= 11 is 0. The number of carbonyl (C=O) groups is 1. The van der Waals surface area contributed by atoms with Gasteiger partial charge in [-0.3, -0.25) is 13.6 Å². The van der Waals surface area contributed by atoms with Crippen LogP contribution < -0.4 is 0 Å². The lowest BCUT2D eigenvalue weighted by atomic mass is 10.7. The van der Waals surface area contributed by atoms with Crippen LogP contribution in [-0.4, -0.2) is 32.4 Å². The van der Waals surface area contributed by atoms with Crippen molar-refractivity contribution in [3.05, 3.63) is 12.7 Å². The molecule has 0 aliphatic heterocycles. The van der Waals surface area contributed by atoms with E-state index in [0.717, 1.165) is 0 Å². The van der Waals surface area contributed by atoms with E-state index in [0.29, 0.717) is 0 Å². The molecule has 0 fully saturated rings. The van der Waals surface area contributed by atoms with E-state index in [1.807, 2.05) is 0 Å². The minimum atomic E-state index is -3.63. The van der Waals surface area contributed by atoms with Crippen molar-refractivity contribution in [2.75, 3.05) is 26.4 Å². The molecule has 0 N–H and O–H groups in total. The highest BCUT2D eigenvalue weighted by atomic mass is 31.2. The summed E-state index contributed by atoms with van der Waals surface area (Å²) in [4.78, 5) is 11.0. The molecule has 94 valence electrons. The zero-order valence-electron chi connectivity index (χ0n) is 9.51. The van der Waals surface area contributed by atoms with E-state index in [1.54, 1.807) is 13.8 Å². The third-order valence-corrected chi connectivity index (χ3v) is 2.87. The first-order valence-corrected chi connectivity index (χ1v) is 6.34. The van der Waals surface area contributed by atoms with Crippen LogP contribution in [0.15, 0.2) is 12.7 Å². The molecule has 0 aliphatic carbocycles. The van der Waals surface area contributed by atoms with E-state index in [2.05, 4.69) is 11.3 Å². The second-order valence-electron chi connectivity index (χ2n) is 2.53. The van der Waals surface area contributed by atoms with Gasteiger partial charge in [0, 0.05) is 0 Å². The highest BCUT2D eigenvalue weighted by Gasteiger charge is 2.26. The van der Waals surface area contributed by atoms with Crippen LogP contribution in [0.1, 0.15) is 13.8 Å². The van der Waals surface area contributed by atoms with E-state index < -0.39 is 20.4 Å². The lowest BCUT2D eigenvalue weighted by molar-refractivity contribution is -0.145. The van der Waals surface area contributed by atoms with Crippen LogP contribution in [0.2, 0.25) is 0 Å². The first-order chi connectivity index (χ1) is 7.58.